The molecule has 2 aromatic rings. The molecule has 0 saturated carbocycles. The number of nitrogens with zero attached hydrogens (tertiary/aromatic N) is 2. The fraction of sp³-hybridized carbons (Fsp3) is 0.435. The number of hydrogen-bond donors (Lipinski definition) is 4. The molecule has 0 fully saturated rings. The highest BCUT2D eigenvalue weighted by Crippen LogP contribution is 2.34. The molecule has 1 aliphatic heterocycles. The summed E-state index contributed by atoms with van der Waals surface area (Å²) in [5.41, 5.74) is 1.99. The van der Waals surface area contributed by atoms with Crippen LogP contribution in [0.5, 0.6) is 0 Å². The molecule has 0 bridgehead atoms. The molecule has 3 rings (SSSR count). The molecule has 2 atom stereocenters. The normalized spacial score (nSPS) is 15.7. The number of carbonyl (C=O) groups excluding carboxylic acids is 1. The van der Waals surface area contributed by atoms with E-state index in [1.165, 1.54) is 0 Å². The Bertz CT molecular complexity index is 1100. The van der Waals surface area contributed by atoms with Crippen LogP contribution in [0.2, 0.25) is 0 Å². The van der Waals surface area contributed by atoms with E-state index in [4.69, 9.17) is 5.11 Å². The van der Waals surface area contributed by atoms with Crippen molar-refractivity contribution in [2.45, 2.75) is 51.0 Å². The van der Waals surface area contributed by atoms with E-state index in [1.54, 1.807) is 19.1 Å². The third kappa shape index (κ3) is 5.97. The molecule has 2 heterocycles. The minimum atomic E-state index is -1.27. The van der Waals surface area contributed by atoms with Gasteiger partial charge < -0.3 is 25.4 Å². The molecular weight excluding hydrogens is 428 g/mol. The Morgan fingerprint density at radius 3 is 2.58 bits per heavy atom. The molecule has 1 amide bonds. The first-order valence-corrected chi connectivity index (χ1v) is 10.8. The van der Waals surface area contributed by atoms with Crippen molar-refractivity contribution in [3.63, 3.8) is 0 Å². The van der Waals surface area contributed by atoms with E-state index in [-0.39, 0.29) is 24.3 Å². The molecule has 1 aliphatic rings. The zero-order chi connectivity index (χ0) is 24.1. The van der Waals surface area contributed by atoms with Gasteiger partial charge in [0, 0.05) is 31.5 Å². The molecule has 1 aromatic carbocycles. The van der Waals surface area contributed by atoms with Gasteiger partial charge in [0.15, 0.2) is 0 Å². The first-order valence-electron chi connectivity index (χ1n) is 10.8. The second kappa shape index (κ2) is 10.3. The van der Waals surface area contributed by atoms with Crippen LogP contribution < -0.4 is 15.8 Å². The van der Waals surface area contributed by atoms with Crippen molar-refractivity contribution in [1.29, 1.82) is 0 Å². The Labute approximate surface area is 190 Å². The first kappa shape index (κ1) is 24.0. The predicted octanol–water partition coefficient (Wildman–Crippen LogP) is 1.68. The number of likely N-dealkylation sites (N-methyl/N-ethyl adjacent to an activating group) is 1. The summed E-state index contributed by atoms with van der Waals surface area (Å²) in [5, 5.41) is 20.3. The number of hydrogen-bond acceptors (Lipinski definition) is 6. The summed E-state index contributed by atoms with van der Waals surface area (Å²) in [6.07, 6.45) is 1.92. The predicted molar refractivity (Wildman–Crippen MR) is 121 cm³/mol. The maximum atomic E-state index is 12.4. The Morgan fingerprint density at radius 1 is 1.24 bits per heavy atom. The Morgan fingerprint density at radius 2 is 1.94 bits per heavy atom. The van der Waals surface area contributed by atoms with Crippen LogP contribution in [0.25, 0.3) is 0 Å². The van der Waals surface area contributed by atoms with Crippen LogP contribution in [0, 0.1) is 6.92 Å². The van der Waals surface area contributed by atoms with Gasteiger partial charge in [0.25, 0.3) is 11.5 Å². The number of rotatable bonds is 10. The number of nitrogens with one attached hydrogen (secondary N) is 2. The van der Waals surface area contributed by atoms with Crippen molar-refractivity contribution in [3.8, 4) is 0 Å². The van der Waals surface area contributed by atoms with Gasteiger partial charge in [-0.25, -0.2) is 9.78 Å². The lowest BCUT2D eigenvalue weighted by Crippen LogP contribution is -2.41. The Hall–Kier alpha value is -3.69. The number of aromatic nitrogens is 2. The van der Waals surface area contributed by atoms with Crippen molar-refractivity contribution in [3.05, 3.63) is 57.1 Å². The molecule has 0 aliphatic carbocycles. The molecule has 10 heteroatoms. The van der Waals surface area contributed by atoms with E-state index >= 15 is 0 Å². The monoisotopic (exact) mass is 456 g/mol. The maximum Gasteiger partial charge on any atom is 0.326 e. The van der Waals surface area contributed by atoms with E-state index in [9.17, 15) is 24.3 Å². The summed E-state index contributed by atoms with van der Waals surface area (Å²) in [6.45, 7) is 2.52. The summed E-state index contributed by atoms with van der Waals surface area (Å²) in [4.78, 5) is 55.9. The van der Waals surface area contributed by atoms with Crippen LogP contribution in [-0.4, -0.2) is 57.7 Å². The highest BCUT2D eigenvalue weighted by Gasteiger charge is 2.30. The van der Waals surface area contributed by atoms with E-state index in [0.717, 1.165) is 42.8 Å². The first-order chi connectivity index (χ1) is 15.7. The van der Waals surface area contributed by atoms with Gasteiger partial charge in [-0.1, -0.05) is 12.1 Å². The smallest absolute Gasteiger partial charge is 0.326 e. The molecule has 1 aromatic heterocycles. The number of carbonyl (C=O) groups is 3. The fourth-order valence-electron chi connectivity index (χ4n) is 4.13. The second-order valence-electron chi connectivity index (χ2n) is 8.35. The molecular formula is C23H28N4O6. The zero-order valence-electron chi connectivity index (χ0n) is 18.6. The fourth-order valence-corrected chi connectivity index (χ4v) is 4.13. The summed E-state index contributed by atoms with van der Waals surface area (Å²) in [6, 6.07) is 5.61. The van der Waals surface area contributed by atoms with E-state index in [1.807, 2.05) is 24.1 Å². The summed E-state index contributed by atoms with van der Waals surface area (Å²) in [5.74, 6) is -1.49. The molecule has 1 unspecified atom stereocenters. The molecule has 0 radical (unpaired) electrons. The van der Waals surface area contributed by atoms with Crippen molar-refractivity contribution in [2.24, 2.45) is 0 Å². The average molecular weight is 456 g/mol. The summed E-state index contributed by atoms with van der Waals surface area (Å²) >= 11 is 0. The minimum absolute atomic E-state index is 0.0785. The Balaban J connectivity index is 1.54. The largest absolute Gasteiger partial charge is 0.481 e. The van der Waals surface area contributed by atoms with Gasteiger partial charge in [-0.3, -0.25) is 14.4 Å². The number of amides is 1. The van der Waals surface area contributed by atoms with Crippen molar-refractivity contribution in [2.75, 3.05) is 18.5 Å². The van der Waals surface area contributed by atoms with Gasteiger partial charge >= 0.3 is 11.9 Å². The molecule has 33 heavy (non-hydrogen) atoms. The van der Waals surface area contributed by atoms with Gasteiger partial charge in [0.05, 0.1) is 5.56 Å². The quantitative estimate of drug-likeness (QED) is 0.421. The number of H-pyrrole nitrogens is 1. The topological polar surface area (TPSA) is 153 Å². The van der Waals surface area contributed by atoms with E-state index in [0.29, 0.717) is 11.4 Å². The van der Waals surface area contributed by atoms with Gasteiger partial charge in [-0.2, -0.15) is 0 Å². The lowest BCUT2D eigenvalue weighted by molar-refractivity contribution is -0.140. The molecule has 0 spiro atoms. The van der Waals surface area contributed by atoms with Crippen LogP contribution in [0.15, 0.2) is 29.1 Å². The standard InChI is InChI=1S/C23H28N4O6/c1-13-24-20-19(22(31)25-13)16(12-27(20)2)5-3-4-14-6-8-15(9-7-14)21(30)26-17(23(32)33)10-11-18(28)29/h6-9,16-17H,3-5,10-12H2,1-2H3,(H,26,30)(H,28,29)(H,32,33)(H,24,25,31)/t16?,17-/m0/s1. The van der Waals surface area contributed by atoms with Crippen LogP contribution >= 0.6 is 0 Å². The number of fused-ring (bicyclic) bond motifs is 1. The number of anilines is 1. The highest BCUT2D eigenvalue weighted by atomic mass is 16.4. The molecule has 0 saturated heterocycles. The van der Waals surface area contributed by atoms with E-state index < -0.39 is 23.9 Å². The zero-order valence-corrected chi connectivity index (χ0v) is 18.6. The number of aromatic amines is 1. The second-order valence-corrected chi connectivity index (χ2v) is 8.35. The van der Waals surface area contributed by atoms with E-state index in [2.05, 4.69) is 15.3 Å². The van der Waals surface area contributed by atoms with Crippen molar-refractivity contribution >= 4 is 23.7 Å². The van der Waals surface area contributed by atoms with Gasteiger partial charge in [0.2, 0.25) is 0 Å². The third-order valence-corrected chi connectivity index (χ3v) is 5.80. The highest BCUT2D eigenvalue weighted by molar-refractivity contribution is 5.96. The average Bonchev–Trinajstić information content (AvgIpc) is 3.06. The van der Waals surface area contributed by atoms with Gasteiger partial charge in [-0.05, 0) is 50.3 Å². The Kier molecular flexibility index (Phi) is 7.47. The van der Waals surface area contributed by atoms with Gasteiger partial charge in [0.1, 0.15) is 17.7 Å². The number of carboxylic acids is 2. The molecule has 10 nitrogen and oxygen atoms in total. The van der Waals surface area contributed by atoms with Crippen LogP contribution in [-0.2, 0) is 16.0 Å². The number of aryl methyl sites for hydroxylation is 2. The third-order valence-electron chi connectivity index (χ3n) is 5.80. The lowest BCUT2D eigenvalue weighted by Gasteiger charge is -2.14. The number of aliphatic carboxylic acids is 2. The molecule has 176 valence electrons. The SMILES string of the molecule is Cc1nc2c(c(=O)[nH]1)C(CCCc1ccc(C(=O)N[C@@H](CCC(=O)O)C(=O)O)cc1)CN2C. The van der Waals surface area contributed by atoms with Crippen LogP contribution in [0.1, 0.15) is 58.9 Å². The number of carboxylic acid groups (broad SMARTS) is 2. The van der Waals surface area contributed by atoms with Crippen LogP contribution in [0.4, 0.5) is 5.82 Å². The summed E-state index contributed by atoms with van der Waals surface area (Å²) in [7, 11) is 1.94. The van der Waals surface area contributed by atoms with Gasteiger partial charge in [-0.15, -0.1) is 0 Å². The maximum absolute atomic E-state index is 12.4. The molecule has 4 N–H and O–H groups in total. The van der Waals surface area contributed by atoms with Crippen molar-refractivity contribution < 1.29 is 24.6 Å². The van der Waals surface area contributed by atoms with Crippen LogP contribution in [0.3, 0.4) is 0 Å². The summed E-state index contributed by atoms with van der Waals surface area (Å²) < 4.78 is 0. The van der Waals surface area contributed by atoms with Crippen molar-refractivity contribution in [1.82, 2.24) is 15.3 Å². The number of benzene rings is 1. The lowest BCUT2D eigenvalue weighted by atomic mass is 9.95. The minimum Gasteiger partial charge on any atom is -0.481 e.